The molecule has 4 amide bonds. The summed E-state index contributed by atoms with van der Waals surface area (Å²) in [7, 11) is 1.46. The maximum absolute atomic E-state index is 14.0. The highest BCUT2D eigenvalue weighted by Crippen LogP contribution is 2.24. The molecule has 1 fully saturated rings. The third kappa shape index (κ3) is 9.95. The van der Waals surface area contributed by atoms with Crippen molar-refractivity contribution in [1.82, 2.24) is 25.8 Å². The number of benzene rings is 1. The van der Waals surface area contributed by atoms with Crippen molar-refractivity contribution in [1.29, 1.82) is 0 Å². The van der Waals surface area contributed by atoms with Crippen LogP contribution in [0, 0.1) is 17.3 Å². The van der Waals surface area contributed by atoms with Crippen LogP contribution in [0.15, 0.2) is 54.7 Å². The second-order valence-electron chi connectivity index (χ2n) is 13.1. The maximum atomic E-state index is 14.0. The van der Waals surface area contributed by atoms with Gasteiger partial charge in [0.25, 0.3) is 0 Å². The first kappa shape index (κ1) is 35.9. The molecule has 3 rings (SSSR count). The minimum absolute atomic E-state index is 0.0453. The summed E-state index contributed by atoms with van der Waals surface area (Å²) in [4.78, 5) is 85.0. The second-order valence-corrected chi connectivity index (χ2v) is 13.1. The zero-order valence-corrected chi connectivity index (χ0v) is 27.4. The lowest BCUT2D eigenvalue weighted by molar-refractivity contribution is -0.143. The van der Waals surface area contributed by atoms with Crippen LogP contribution in [0.3, 0.4) is 0 Å². The molecule has 3 N–H and O–H groups in total. The van der Waals surface area contributed by atoms with Crippen molar-refractivity contribution >= 4 is 35.4 Å². The summed E-state index contributed by atoms with van der Waals surface area (Å²) in [5.41, 5.74) is -0.0698. The molecular weight excluding hydrogens is 590 g/mol. The molecule has 2 unspecified atom stereocenters. The second kappa shape index (κ2) is 16.1. The number of nitrogens with zero attached hydrogens (tertiary/aromatic N) is 2. The monoisotopic (exact) mass is 635 g/mol. The molecule has 0 bridgehead atoms. The predicted octanol–water partition coefficient (Wildman–Crippen LogP) is 3.06. The van der Waals surface area contributed by atoms with Crippen molar-refractivity contribution in [3.05, 3.63) is 66.0 Å². The van der Waals surface area contributed by atoms with Gasteiger partial charge in [-0.3, -0.25) is 29.0 Å². The Morgan fingerprint density at radius 3 is 2.26 bits per heavy atom. The molecule has 2 heterocycles. The van der Waals surface area contributed by atoms with E-state index in [1.807, 2.05) is 13.8 Å². The standard InChI is InChI=1S/C34H45N5O7/c1-21(2)18-26(39(6)32(44)29(34(3,4)5)38-33(45)46-20-24-14-10-11-16-35-24)31(43)37-25(19-23-15-17-36-30(23)42)28(41)27(40)22-12-8-7-9-13-22/h7-14,16,21,23,25-26,29H,15,17-20H2,1-6H3,(H,36,42)(H,37,43)(H,38,45)/t23?,25?,26-,29+/m0/s1. The molecule has 0 radical (unpaired) electrons. The number of alkyl carbamates (subject to hydrolysis) is 1. The molecule has 1 aliphatic heterocycles. The molecule has 248 valence electrons. The van der Waals surface area contributed by atoms with Crippen molar-refractivity contribution in [3.63, 3.8) is 0 Å². The van der Waals surface area contributed by atoms with Crippen LogP contribution in [-0.4, -0.2) is 77.0 Å². The summed E-state index contributed by atoms with van der Waals surface area (Å²) in [5, 5.41) is 8.08. The van der Waals surface area contributed by atoms with Gasteiger partial charge in [-0.25, -0.2) is 4.79 Å². The third-order valence-electron chi connectivity index (χ3n) is 7.84. The number of hydrogen-bond donors (Lipinski definition) is 3. The van der Waals surface area contributed by atoms with E-state index in [-0.39, 0.29) is 36.8 Å². The topological polar surface area (TPSA) is 164 Å². The van der Waals surface area contributed by atoms with E-state index in [2.05, 4.69) is 20.9 Å². The van der Waals surface area contributed by atoms with E-state index in [1.165, 1.54) is 24.1 Å². The minimum atomic E-state index is -1.29. The number of ketones is 2. The fourth-order valence-corrected chi connectivity index (χ4v) is 5.22. The third-order valence-corrected chi connectivity index (χ3v) is 7.84. The van der Waals surface area contributed by atoms with E-state index in [0.29, 0.717) is 18.7 Å². The average molecular weight is 636 g/mol. The maximum Gasteiger partial charge on any atom is 0.408 e. The fourth-order valence-electron chi connectivity index (χ4n) is 5.22. The number of ether oxygens (including phenoxy) is 1. The van der Waals surface area contributed by atoms with Crippen LogP contribution in [0.25, 0.3) is 0 Å². The number of carbonyl (C=O) groups excluding carboxylic acids is 6. The highest BCUT2D eigenvalue weighted by atomic mass is 16.5. The van der Waals surface area contributed by atoms with Crippen molar-refractivity contribution in [2.24, 2.45) is 17.3 Å². The van der Waals surface area contributed by atoms with Crippen LogP contribution in [0.1, 0.15) is 69.9 Å². The Balaban J connectivity index is 1.82. The van der Waals surface area contributed by atoms with E-state index in [1.54, 1.807) is 63.4 Å². The largest absolute Gasteiger partial charge is 0.443 e. The summed E-state index contributed by atoms with van der Waals surface area (Å²) >= 11 is 0. The molecule has 1 aromatic heterocycles. The lowest BCUT2D eigenvalue weighted by Gasteiger charge is -2.37. The number of aromatic nitrogens is 1. The van der Waals surface area contributed by atoms with Gasteiger partial charge in [0.15, 0.2) is 0 Å². The van der Waals surface area contributed by atoms with Crippen LogP contribution in [0.4, 0.5) is 4.79 Å². The number of rotatable bonds is 14. The van der Waals surface area contributed by atoms with Gasteiger partial charge in [-0.1, -0.05) is 71.0 Å². The van der Waals surface area contributed by atoms with Crippen molar-refractivity contribution in [2.45, 2.75) is 78.6 Å². The highest BCUT2D eigenvalue weighted by molar-refractivity contribution is 6.45. The Hall–Kier alpha value is -4.61. The smallest absolute Gasteiger partial charge is 0.408 e. The summed E-state index contributed by atoms with van der Waals surface area (Å²) in [6.07, 6.45) is 1.38. The molecule has 1 aromatic carbocycles. The summed E-state index contributed by atoms with van der Waals surface area (Å²) in [6.45, 7) is 9.43. The predicted molar refractivity (Wildman–Crippen MR) is 170 cm³/mol. The van der Waals surface area contributed by atoms with Gasteiger partial charge in [-0.05, 0) is 42.7 Å². The van der Waals surface area contributed by atoms with E-state index in [4.69, 9.17) is 4.74 Å². The van der Waals surface area contributed by atoms with Crippen molar-refractivity contribution < 1.29 is 33.5 Å². The Bertz CT molecular complexity index is 1390. The number of nitrogens with one attached hydrogen (secondary N) is 3. The van der Waals surface area contributed by atoms with Gasteiger partial charge in [-0.2, -0.15) is 0 Å². The first-order chi connectivity index (χ1) is 21.7. The van der Waals surface area contributed by atoms with Crippen LogP contribution in [-0.2, 0) is 30.5 Å². The van der Waals surface area contributed by atoms with E-state index in [0.717, 1.165) is 0 Å². The fraction of sp³-hybridized carbons (Fsp3) is 0.500. The zero-order valence-electron chi connectivity index (χ0n) is 27.4. The number of carbonyl (C=O) groups is 6. The average Bonchev–Trinajstić information content (AvgIpc) is 3.43. The normalized spacial score (nSPS) is 16.5. The van der Waals surface area contributed by atoms with E-state index < -0.39 is 58.9 Å². The van der Waals surface area contributed by atoms with Crippen LogP contribution in [0.2, 0.25) is 0 Å². The van der Waals surface area contributed by atoms with Crippen LogP contribution >= 0.6 is 0 Å². The zero-order chi connectivity index (χ0) is 34.0. The highest BCUT2D eigenvalue weighted by Gasteiger charge is 2.41. The van der Waals surface area contributed by atoms with Crippen LogP contribution < -0.4 is 16.0 Å². The van der Waals surface area contributed by atoms with E-state index >= 15 is 0 Å². The number of hydrogen-bond acceptors (Lipinski definition) is 8. The first-order valence-corrected chi connectivity index (χ1v) is 15.5. The Morgan fingerprint density at radius 2 is 1.70 bits per heavy atom. The molecule has 0 aliphatic carbocycles. The number of pyridine rings is 1. The quantitative estimate of drug-likeness (QED) is 0.211. The van der Waals surface area contributed by atoms with Gasteiger partial charge in [0.1, 0.15) is 18.7 Å². The molecule has 2 aromatic rings. The molecule has 12 heteroatoms. The SMILES string of the molecule is CC(C)C[C@@H](C(=O)NC(CC1CCNC1=O)C(=O)C(=O)c1ccccc1)N(C)C(=O)[C@@H](NC(=O)OCc1ccccn1)C(C)(C)C. The number of likely N-dealkylation sites (N-methyl/N-ethyl adjacent to an activating group) is 1. The Labute approximate surface area is 270 Å². The number of Topliss-reactive ketones (excluding diaryl/α,β-unsaturated/α-hetero) is 2. The molecule has 0 spiro atoms. The van der Waals surface area contributed by atoms with Crippen molar-refractivity contribution in [2.75, 3.05) is 13.6 Å². The van der Waals surface area contributed by atoms with Gasteiger partial charge < -0.3 is 25.6 Å². The van der Waals surface area contributed by atoms with Crippen LogP contribution in [0.5, 0.6) is 0 Å². The molecule has 1 aliphatic rings. The van der Waals surface area contributed by atoms with Crippen molar-refractivity contribution in [3.8, 4) is 0 Å². The molecular formula is C34H45N5O7. The lowest BCUT2D eigenvalue weighted by Crippen LogP contribution is -2.59. The summed E-state index contributed by atoms with van der Waals surface area (Å²) in [5.74, 6) is -3.67. The summed E-state index contributed by atoms with van der Waals surface area (Å²) < 4.78 is 5.30. The number of amides is 4. The van der Waals surface area contributed by atoms with Gasteiger partial charge in [0.05, 0.1) is 11.7 Å². The van der Waals surface area contributed by atoms with Gasteiger partial charge in [0, 0.05) is 31.3 Å². The Morgan fingerprint density at radius 1 is 1.02 bits per heavy atom. The molecule has 0 saturated carbocycles. The lowest BCUT2D eigenvalue weighted by atomic mass is 9.85. The van der Waals surface area contributed by atoms with Gasteiger partial charge >= 0.3 is 6.09 Å². The van der Waals surface area contributed by atoms with Gasteiger partial charge in [-0.15, -0.1) is 0 Å². The molecule has 4 atom stereocenters. The van der Waals surface area contributed by atoms with E-state index in [9.17, 15) is 28.8 Å². The first-order valence-electron chi connectivity index (χ1n) is 15.5. The molecule has 46 heavy (non-hydrogen) atoms. The Kier molecular flexibility index (Phi) is 12.6. The minimum Gasteiger partial charge on any atom is -0.443 e. The molecule has 1 saturated heterocycles. The summed E-state index contributed by atoms with van der Waals surface area (Å²) in [6, 6.07) is 9.79. The van der Waals surface area contributed by atoms with Gasteiger partial charge in [0.2, 0.25) is 29.3 Å². The molecule has 12 nitrogen and oxygen atoms in total.